The van der Waals surface area contributed by atoms with Gasteiger partial charge in [0.15, 0.2) is 0 Å². The highest BCUT2D eigenvalue weighted by Gasteiger charge is 2.15. The van der Waals surface area contributed by atoms with Crippen molar-refractivity contribution in [2.24, 2.45) is 0 Å². The minimum absolute atomic E-state index is 0.337. The highest BCUT2D eigenvalue weighted by atomic mass is 19.3. The van der Waals surface area contributed by atoms with Crippen LogP contribution in [0, 0.1) is 0 Å². The highest BCUT2D eigenvalue weighted by molar-refractivity contribution is 5.73. The van der Waals surface area contributed by atoms with Gasteiger partial charge in [0.05, 0.1) is 0 Å². The number of amides is 2. The molecular weight excluding hydrogens is 142 g/mol. The second kappa shape index (κ2) is 4.03. The molecule has 3 nitrogen and oxygen atoms in total. The molecule has 0 atom stereocenters. The molecule has 0 aromatic rings. The zero-order chi connectivity index (χ0) is 8.15. The maximum Gasteiger partial charge on any atom is 0.321 e. The van der Waals surface area contributed by atoms with E-state index in [-0.39, 0.29) is 0 Å². The molecule has 0 bridgehead atoms. The third kappa shape index (κ3) is 2.61. The summed E-state index contributed by atoms with van der Waals surface area (Å²) in [5.74, 6) is 0. The lowest BCUT2D eigenvalue weighted by atomic mass is 10.7. The molecule has 0 radical (unpaired) electrons. The third-order valence-electron chi connectivity index (χ3n) is 0.941. The zero-order valence-corrected chi connectivity index (χ0v) is 5.90. The molecule has 0 aliphatic rings. The second-order valence-corrected chi connectivity index (χ2v) is 1.72. The van der Waals surface area contributed by atoms with Crippen LogP contribution < -0.4 is 5.32 Å². The van der Waals surface area contributed by atoms with Crippen LogP contribution in [0.4, 0.5) is 13.6 Å². The Morgan fingerprint density at radius 2 is 2.20 bits per heavy atom. The molecule has 0 rings (SSSR count). The summed E-state index contributed by atoms with van der Waals surface area (Å²) < 4.78 is 23.3. The minimum Gasteiger partial charge on any atom is -0.338 e. The van der Waals surface area contributed by atoms with E-state index in [2.05, 4.69) is 5.32 Å². The summed E-state index contributed by atoms with van der Waals surface area (Å²) in [4.78, 5) is 10.9. The fraction of sp³-hybridized carbons (Fsp3) is 0.800. The number of hydrogen-bond donors (Lipinski definition) is 1. The molecule has 2 amide bonds. The maximum absolute atomic E-state index is 11.7. The number of urea groups is 1. The molecular formula is C5H10F2N2O. The number of hydrogen-bond acceptors (Lipinski definition) is 1. The molecule has 10 heavy (non-hydrogen) atoms. The lowest BCUT2D eigenvalue weighted by molar-refractivity contribution is 0.0176. The van der Waals surface area contributed by atoms with Crippen molar-refractivity contribution in [2.75, 3.05) is 13.6 Å². The monoisotopic (exact) mass is 152 g/mol. The molecule has 0 aromatic carbocycles. The van der Waals surface area contributed by atoms with Crippen molar-refractivity contribution in [2.45, 2.75) is 13.5 Å². The summed E-state index contributed by atoms with van der Waals surface area (Å²) in [5.41, 5.74) is 0. The van der Waals surface area contributed by atoms with Crippen molar-refractivity contribution in [1.82, 2.24) is 10.2 Å². The van der Waals surface area contributed by atoms with Crippen LogP contribution in [0.1, 0.15) is 6.92 Å². The smallest absolute Gasteiger partial charge is 0.321 e. The number of halogens is 2. The number of nitrogens with zero attached hydrogens (tertiary/aromatic N) is 1. The Morgan fingerprint density at radius 3 is 2.50 bits per heavy atom. The van der Waals surface area contributed by atoms with Gasteiger partial charge in [-0.05, 0) is 6.92 Å². The van der Waals surface area contributed by atoms with E-state index >= 15 is 0 Å². The van der Waals surface area contributed by atoms with Gasteiger partial charge >= 0.3 is 12.6 Å². The van der Waals surface area contributed by atoms with Crippen LogP contribution in [0.2, 0.25) is 0 Å². The Morgan fingerprint density at radius 1 is 1.70 bits per heavy atom. The normalized spacial score (nSPS) is 9.70. The minimum atomic E-state index is -2.73. The van der Waals surface area contributed by atoms with E-state index in [1.54, 1.807) is 6.92 Å². The number of carbonyl (C=O) groups is 1. The van der Waals surface area contributed by atoms with Crippen LogP contribution in [0.15, 0.2) is 0 Å². The number of carbonyl (C=O) groups excluding carboxylic acids is 1. The first kappa shape index (κ1) is 9.13. The summed E-state index contributed by atoms with van der Waals surface area (Å²) in [6.07, 6.45) is 0. The Balaban J connectivity index is 3.71. The van der Waals surface area contributed by atoms with Crippen LogP contribution in [0.5, 0.6) is 0 Å². The first-order valence-corrected chi connectivity index (χ1v) is 2.88. The van der Waals surface area contributed by atoms with Crippen LogP contribution in [-0.2, 0) is 0 Å². The van der Waals surface area contributed by atoms with E-state index in [0.29, 0.717) is 11.4 Å². The largest absolute Gasteiger partial charge is 0.338 e. The second-order valence-electron chi connectivity index (χ2n) is 1.72. The molecule has 0 aliphatic carbocycles. The van der Waals surface area contributed by atoms with Gasteiger partial charge in [-0.15, -0.1) is 0 Å². The zero-order valence-electron chi connectivity index (χ0n) is 5.90. The molecule has 0 spiro atoms. The maximum atomic E-state index is 11.7. The molecule has 60 valence electrons. The fourth-order valence-corrected chi connectivity index (χ4v) is 0.365. The first-order chi connectivity index (χ1) is 4.59. The van der Waals surface area contributed by atoms with Crippen molar-refractivity contribution in [3.8, 4) is 0 Å². The molecule has 0 heterocycles. The van der Waals surface area contributed by atoms with Crippen molar-refractivity contribution in [3.63, 3.8) is 0 Å². The lowest BCUT2D eigenvalue weighted by Gasteiger charge is -2.15. The van der Waals surface area contributed by atoms with E-state index in [0.717, 1.165) is 7.05 Å². The molecule has 0 fully saturated rings. The number of alkyl halides is 2. The van der Waals surface area contributed by atoms with Crippen molar-refractivity contribution < 1.29 is 13.6 Å². The molecule has 1 N–H and O–H groups in total. The molecule has 5 heteroatoms. The van der Waals surface area contributed by atoms with Gasteiger partial charge in [0.2, 0.25) is 0 Å². The van der Waals surface area contributed by atoms with Crippen molar-refractivity contribution in [1.29, 1.82) is 0 Å². The van der Waals surface area contributed by atoms with E-state index in [4.69, 9.17) is 0 Å². The van der Waals surface area contributed by atoms with Crippen LogP contribution in [0.25, 0.3) is 0 Å². The van der Waals surface area contributed by atoms with Gasteiger partial charge in [0.25, 0.3) is 0 Å². The quantitative estimate of drug-likeness (QED) is 0.585. The topological polar surface area (TPSA) is 32.3 Å². The Hall–Kier alpha value is -0.870. The summed E-state index contributed by atoms with van der Waals surface area (Å²) in [7, 11) is 1.04. The molecule has 0 unspecified atom stereocenters. The average molecular weight is 152 g/mol. The summed E-state index contributed by atoms with van der Waals surface area (Å²) in [5, 5.41) is 2.23. The Labute approximate surface area is 58.0 Å². The van der Waals surface area contributed by atoms with Crippen LogP contribution in [0.3, 0.4) is 0 Å². The molecule has 0 saturated carbocycles. The predicted molar refractivity (Wildman–Crippen MR) is 32.8 cm³/mol. The molecule has 0 saturated heterocycles. The fourth-order valence-electron chi connectivity index (χ4n) is 0.365. The third-order valence-corrected chi connectivity index (χ3v) is 0.941. The van der Waals surface area contributed by atoms with E-state index in [1.165, 1.54) is 0 Å². The van der Waals surface area contributed by atoms with Gasteiger partial charge in [-0.3, -0.25) is 4.90 Å². The standard InChI is InChI=1S/C5H10F2N2O/c1-3-8-5(10)9(2)4(6)7/h4H,3H2,1-2H3,(H,8,10). The van der Waals surface area contributed by atoms with Gasteiger partial charge < -0.3 is 5.32 Å². The van der Waals surface area contributed by atoms with Gasteiger partial charge in [0, 0.05) is 13.6 Å². The van der Waals surface area contributed by atoms with Gasteiger partial charge in [-0.25, -0.2) is 4.79 Å². The highest BCUT2D eigenvalue weighted by Crippen LogP contribution is 1.98. The van der Waals surface area contributed by atoms with Crippen LogP contribution in [-0.4, -0.2) is 31.1 Å². The SMILES string of the molecule is CCNC(=O)N(C)C(F)F. The Kier molecular flexibility index (Phi) is 3.68. The van der Waals surface area contributed by atoms with E-state index in [1.807, 2.05) is 0 Å². The molecule has 0 aliphatic heterocycles. The number of nitrogens with one attached hydrogen (secondary N) is 1. The van der Waals surface area contributed by atoms with Gasteiger partial charge in [0.1, 0.15) is 0 Å². The summed E-state index contributed by atoms with van der Waals surface area (Å²) in [6.45, 7) is -0.709. The van der Waals surface area contributed by atoms with Crippen molar-refractivity contribution >= 4 is 6.03 Å². The summed E-state index contributed by atoms with van der Waals surface area (Å²) >= 11 is 0. The Bertz CT molecular complexity index is 118. The van der Waals surface area contributed by atoms with Gasteiger partial charge in [-0.2, -0.15) is 8.78 Å². The van der Waals surface area contributed by atoms with E-state index < -0.39 is 12.6 Å². The van der Waals surface area contributed by atoms with Gasteiger partial charge in [-0.1, -0.05) is 0 Å². The van der Waals surface area contributed by atoms with E-state index in [9.17, 15) is 13.6 Å². The average Bonchev–Trinajstić information content (AvgIpc) is 1.87. The van der Waals surface area contributed by atoms with Crippen LogP contribution >= 0.6 is 0 Å². The lowest BCUT2D eigenvalue weighted by Crippen LogP contribution is -2.39. The molecule has 0 aromatic heterocycles. The summed E-state index contributed by atoms with van der Waals surface area (Å²) in [6, 6.07) is -0.752. The number of rotatable bonds is 2. The first-order valence-electron chi connectivity index (χ1n) is 2.88. The predicted octanol–water partition coefficient (Wildman–Crippen LogP) is 0.870. The van der Waals surface area contributed by atoms with Crippen molar-refractivity contribution in [3.05, 3.63) is 0 Å².